The Hall–Kier alpha value is -1.67. The fourth-order valence-electron chi connectivity index (χ4n) is 1.92. The molecule has 1 amide bonds. The summed E-state index contributed by atoms with van der Waals surface area (Å²) in [4.78, 5) is 28.3. The fourth-order valence-corrected chi connectivity index (χ4v) is 2.94. The van der Waals surface area contributed by atoms with E-state index >= 15 is 0 Å². The van der Waals surface area contributed by atoms with E-state index in [0.29, 0.717) is 5.69 Å². The van der Waals surface area contributed by atoms with Gasteiger partial charge in [-0.15, -0.1) is 0 Å². The van der Waals surface area contributed by atoms with E-state index in [2.05, 4.69) is 9.72 Å². The number of ether oxygens (including phenoxy) is 1. The average Bonchev–Trinajstić information content (AvgIpc) is 2.80. The minimum Gasteiger partial charge on any atom is -0.465 e. The quantitative estimate of drug-likeness (QED) is 0.596. The average molecular weight is 319 g/mol. The Balaban J connectivity index is 2.29. The predicted octanol–water partition coefficient (Wildman–Crippen LogP) is 0.542. The van der Waals surface area contributed by atoms with Gasteiger partial charge in [-0.05, 0) is 6.07 Å². The van der Waals surface area contributed by atoms with Crippen LogP contribution in [0.2, 0.25) is 0 Å². The molecule has 1 unspecified atom stereocenters. The van der Waals surface area contributed by atoms with Gasteiger partial charge in [0.2, 0.25) is 15.0 Å². The molecular weight excluding hydrogens is 308 g/mol. The van der Waals surface area contributed by atoms with E-state index in [9.17, 15) is 18.0 Å². The van der Waals surface area contributed by atoms with Gasteiger partial charge < -0.3 is 9.64 Å². The van der Waals surface area contributed by atoms with E-state index in [1.807, 2.05) is 0 Å². The van der Waals surface area contributed by atoms with Crippen molar-refractivity contribution < 1.29 is 22.7 Å². The summed E-state index contributed by atoms with van der Waals surface area (Å²) in [6.07, 6.45) is 2.48. The van der Waals surface area contributed by atoms with Crippen LogP contribution in [0.3, 0.4) is 0 Å². The maximum Gasteiger partial charge on any atom is 0.339 e. The van der Waals surface area contributed by atoms with Crippen LogP contribution in [0.15, 0.2) is 18.5 Å². The van der Waals surface area contributed by atoms with E-state index < -0.39 is 20.3 Å². The third kappa shape index (κ3) is 2.91. The van der Waals surface area contributed by atoms with Gasteiger partial charge in [-0.2, -0.15) is 0 Å². The third-order valence-electron chi connectivity index (χ3n) is 2.94. The number of nitrogens with zero attached hydrogens (tertiary/aromatic N) is 2. The van der Waals surface area contributed by atoms with Gasteiger partial charge in [0.15, 0.2) is 0 Å². The Morgan fingerprint density at radius 1 is 1.50 bits per heavy atom. The van der Waals surface area contributed by atoms with E-state index in [-0.39, 0.29) is 24.4 Å². The molecule has 0 saturated carbocycles. The van der Waals surface area contributed by atoms with Crippen LogP contribution in [0.4, 0.5) is 5.69 Å². The highest BCUT2D eigenvalue weighted by Crippen LogP contribution is 2.26. The number of methoxy groups -OCH3 is 1. The molecule has 0 bridgehead atoms. The standard InChI is InChI=1S/C11H11ClN2O5S/c1-19-11(16)7-2-8(5-13-4-7)14-6-9(3-10(14)15)20(12,17)18/h2,4-5,9H,3,6H2,1H3. The first kappa shape index (κ1) is 14.7. The first-order valence-electron chi connectivity index (χ1n) is 5.60. The highest BCUT2D eigenvalue weighted by atomic mass is 35.7. The maximum atomic E-state index is 11.8. The van der Waals surface area contributed by atoms with Crippen molar-refractivity contribution in [2.24, 2.45) is 0 Å². The number of anilines is 1. The second kappa shape index (κ2) is 5.37. The molecule has 2 rings (SSSR count). The molecule has 0 aliphatic carbocycles. The van der Waals surface area contributed by atoms with Crippen LogP contribution in [0.1, 0.15) is 16.8 Å². The van der Waals surface area contributed by atoms with Crippen molar-refractivity contribution in [1.82, 2.24) is 4.98 Å². The van der Waals surface area contributed by atoms with Gasteiger partial charge in [0.05, 0.1) is 24.6 Å². The molecule has 1 atom stereocenters. The number of rotatable bonds is 3. The number of esters is 1. The normalized spacial score (nSPS) is 19.2. The molecule has 0 radical (unpaired) electrons. The topological polar surface area (TPSA) is 93.6 Å². The molecule has 0 N–H and O–H groups in total. The van der Waals surface area contributed by atoms with Gasteiger partial charge in [-0.25, -0.2) is 13.2 Å². The van der Waals surface area contributed by atoms with E-state index in [1.165, 1.54) is 30.5 Å². The minimum absolute atomic E-state index is 0.0586. The van der Waals surface area contributed by atoms with E-state index in [0.717, 1.165) is 0 Å². The van der Waals surface area contributed by atoms with Crippen molar-refractivity contribution in [2.75, 3.05) is 18.6 Å². The summed E-state index contributed by atoms with van der Waals surface area (Å²) in [6, 6.07) is 1.42. The first-order chi connectivity index (χ1) is 9.32. The molecule has 1 fully saturated rings. The number of pyridine rings is 1. The zero-order valence-corrected chi connectivity index (χ0v) is 12.0. The molecular formula is C11H11ClN2O5S. The first-order valence-corrected chi connectivity index (χ1v) is 7.97. The van der Waals surface area contributed by atoms with Crippen LogP contribution < -0.4 is 4.90 Å². The number of hydrogen-bond donors (Lipinski definition) is 0. The third-order valence-corrected chi connectivity index (χ3v) is 4.81. The van der Waals surface area contributed by atoms with Crippen LogP contribution >= 0.6 is 10.7 Å². The predicted molar refractivity (Wildman–Crippen MR) is 71.1 cm³/mol. The van der Waals surface area contributed by atoms with Crippen molar-refractivity contribution in [3.8, 4) is 0 Å². The maximum absolute atomic E-state index is 11.8. The van der Waals surface area contributed by atoms with E-state index in [1.54, 1.807) is 0 Å². The second-order valence-electron chi connectivity index (χ2n) is 4.23. The Bertz CT molecular complexity index is 661. The summed E-state index contributed by atoms with van der Waals surface area (Å²) in [5.41, 5.74) is 0.510. The molecule has 1 aliphatic heterocycles. The molecule has 1 aliphatic rings. The van der Waals surface area contributed by atoms with Crippen LogP contribution in [0.5, 0.6) is 0 Å². The molecule has 2 heterocycles. The van der Waals surface area contributed by atoms with Gasteiger partial charge in [0, 0.05) is 29.8 Å². The lowest BCUT2D eigenvalue weighted by Crippen LogP contribution is -2.27. The molecule has 0 spiro atoms. The number of carbonyl (C=O) groups is 2. The highest BCUT2D eigenvalue weighted by molar-refractivity contribution is 8.14. The SMILES string of the molecule is COC(=O)c1cncc(N2CC(S(=O)(=O)Cl)CC2=O)c1. The van der Waals surface area contributed by atoms with Gasteiger partial charge in [0.1, 0.15) is 5.25 Å². The monoisotopic (exact) mass is 318 g/mol. The Morgan fingerprint density at radius 3 is 2.75 bits per heavy atom. The molecule has 20 heavy (non-hydrogen) atoms. The lowest BCUT2D eigenvalue weighted by atomic mass is 10.2. The van der Waals surface area contributed by atoms with Gasteiger partial charge in [-0.1, -0.05) is 0 Å². The number of aromatic nitrogens is 1. The van der Waals surface area contributed by atoms with Crippen molar-refractivity contribution in [3.05, 3.63) is 24.0 Å². The minimum atomic E-state index is -3.81. The zero-order valence-electron chi connectivity index (χ0n) is 10.4. The summed E-state index contributed by atoms with van der Waals surface area (Å²) >= 11 is 0. The number of hydrogen-bond acceptors (Lipinski definition) is 6. The van der Waals surface area contributed by atoms with Crippen molar-refractivity contribution >= 4 is 37.3 Å². The summed E-state index contributed by atoms with van der Waals surface area (Å²) in [6.45, 7) is -0.0586. The molecule has 108 valence electrons. The number of carbonyl (C=O) groups excluding carboxylic acids is 2. The molecule has 1 aromatic heterocycles. The van der Waals surface area contributed by atoms with Crippen LogP contribution in [-0.4, -0.2) is 44.2 Å². The molecule has 7 nitrogen and oxygen atoms in total. The molecule has 1 aromatic rings. The second-order valence-corrected chi connectivity index (χ2v) is 7.14. The number of amides is 1. The lowest BCUT2D eigenvalue weighted by Gasteiger charge is -2.16. The summed E-state index contributed by atoms with van der Waals surface area (Å²) < 4.78 is 27.1. The van der Waals surface area contributed by atoms with Crippen molar-refractivity contribution in [2.45, 2.75) is 11.7 Å². The largest absolute Gasteiger partial charge is 0.465 e. The van der Waals surface area contributed by atoms with Gasteiger partial charge in [0.25, 0.3) is 0 Å². The van der Waals surface area contributed by atoms with Gasteiger partial charge >= 0.3 is 5.97 Å². The Morgan fingerprint density at radius 2 is 2.20 bits per heavy atom. The molecule has 9 heteroatoms. The lowest BCUT2D eigenvalue weighted by molar-refractivity contribution is -0.117. The van der Waals surface area contributed by atoms with Gasteiger partial charge in [-0.3, -0.25) is 9.78 Å². The van der Waals surface area contributed by atoms with E-state index in [4.69, 9.17) is 10.7 Å². The Labute approximate surface area is 119 Å². The smallest absolute Gasteiger partial charge is 0.339 e. The van der Waals surface area contributed by atoms with Crippen LogP contribution in [-0.2, 0) is 18.6 Å². The summed E-state index contributed by atoms with van der Waals surface area (Å²) in [7, 11) is 2.68. The summed E-state index contributed by atoms with van der Waals surface area (Å²) in [5.74, 6) is -0.976. The fraction of sp³-hybridized carbons (Fsp3) is 0.364. The van der Waals surface area contributed by atoms with Crippen LogP contribution in [0, 0.1) is 0 Å². The number of halogens is 1. The highest BCUT2D eigenvalue weighted by Gasteiger charge is 2.38. The van der Waals surface area contributed by atoms with Crippen molar-refractivity contribution in [3.63, 3.8) is 0 Å². The molecule has 1 saturated heterocycles. The zero-order chi connectivity index (χ0) is 14.9. The molecule has 0 aromatic carbocycles. The van der Waals surface area contributed by atoms with Crippen molar-refractivity contribution in [1.29, 1.82) is 0 Å². The summed E-state index contributed by atoms with van der Waals surface area (Å²) in [5, 5.41) is -0.960. The Kier molecular flexibility index (Phi) is 3.96. The van der Waals surface area contributed by atoms with Crippen LogP contribution in [0.25, 0.3) is 0 Å².